The van der Waals surface area contributed by atoms with Crippen LogP contribution >= 0.6 is 15.9 Å². The zero-order chi connectivity index (χ0) is 15.5. The average Bonchev–Trinajstić information content (AvgIpc) is 2.47. The van der Waals surface area contributed by atoms with E-state index in [-0.39, 0.29) is 17.5 Å². The lowest BCUT2D eigenvalue weighted by atomic mass is 10.1. The molecule has 21 heavy (non-hydrogen) atoms. The van der Waals surface area contributed by atoms with Crippen molar-refractivity contribution in [3.05, 3.63) is 64.1 Å². The second-order valence-electron chi connectivity index (χ2n) is 4.70. The topological polar surface area (TPSA) is 66.4 Å². The van der Waals surface area contributed by atoms with Crippen LogP contribution in [0.15, 0.2) is 57.9 Å². The molecule has 0 saturated carbocycles. The Morgan fingerprint density at radius 3 is 2.19 bits per heavy atom. The zero-order valence-electron chi connectivity index (χ0n) is 11.5. The number of aliphatic hydroxyl groups is 1. The van der Waals surface area contributed by atoms with E-state index < -0.39 is 10.0 Å². The summed E-state index contributed by atoms with van der Waals surface area (Å²) in [6, 6.07) is 13.3. The molecular weight excluding hydrogens is 354 g/mol. The van der Waals surface area contributed by atoms with Crippen LogP contribution in [-0.2, 0) is 16.6 Å². The summed E-state index contributed by atoms with van der Waals surface area (Å²) in [4.78, 5) is 0.184. The number of rotatable bonds is 5. The molecule has 1 atom stereocenters. The van der Waals surface area contributed by atoms with Gasteiger partial charge in [-0.2, -0.15) is 0 Å². The minimum absolute atomic E-state index is 0.108. The molecule has 6 heteroatoms. The predicted octanol–water partition coefficient (Wildman–Crippen LogP) is 2.98. The fourth-order valence-electron chi connectivity index (χ4n) is 1.89. The van der Waals surface area contributed by atoms with Gasteiger partial charge in [-0.1, -0.05) is 40.2 Å². The molecule has 112 valence electrons. The molecular formula is C15H16BrNO3S. The van der Waals surface area contributed by atoms with E-state index in [0.717, 1.165) is 10.0 Å². The smallest absolute Gasteiger partial charge is 0.241 e. The van der Waals surface area contributed by atoms with Gasteiger partial charge in [-0.3, -0.25) is 0 Å². The Labute approximate surface area is 133 Å². The van der Waals surface area contributed by atoms with Crippen LogP contribution < -0.4 is 4.72 Å². The number of nitrogens with one attached hydrogen (secondary N) is 1. The van der Waals surface area contributed by atoms with Crippen LogP contribution in [0.25, 0.3) is 0 Å². The third kappa shape index (κ3) is 4.14. The molecule has 4 nitrogen and oxygen atoms in total. The molecule has 2 aromatic carbocycles. The maximum absolute atomic E-state index is 12.3. The molecule has 0 amide bonds. The quantitative estimate of drug-likeness (QED) is 0.851. The average molecular weight is 370 g/mol. The molecule has 0 bridgehead atoms. The molecule has 2 N–H and O–H groups in total. The van der Waals surface area contributed by atoms with Gasteiger partial charge in [-0.15, -0.1) is 0 Å². The molecule has 0 aromatic heterocycles. The molecule has 0 heterocycles. The second kappa shape index (κ2) is 6.70. The molecule has 0 aliphatic rings. The first-order valence-electron chi connectivity index (χ1n) is 6.40. The van der Waals surface area contributed by atoms with Crippen molar-refractivity contribution in [3.8, 4) is 0 Å². The highest BCUT2D eigenvalue weighted by molar-refractivity contribution is 9.10. The van der Waals surface area contributed by atoms with Crippen LogP contribution in [0.2, 0.25) is 0 Å². The van der Waals surface area contributed by atoms with Crippen LogP contribution in [0.4, 0.5) is 0 Å². The first kappa shape index (κ1) is 16.2. The van der Waals surface area contributed by atoms with Gasteiger partial charge >= 0.3 is 0 Å². The SMILES string of the molecule is CC(NS(=O)(=O)c1ccc(CO)cc1)c1ccc(Br)cc1. The van der Waals surface area contributed by atoms with Crippen molar-refractivity contribution in [2.24, 2.45) is 0 Å². The maximum Gasteiger partial charge on any atom is 0.241 e. The van der Waals surface area contributed by atoms with Crippen LogP contribution in [0, 0.1) is 0 Å². The van der Waals surface area contributed by atoms with Gasteiger partial charge in [0.2, 0.25) is 10.0 Å². The van der Waals surface area contributed by atoms with Gasteiger partial charge in [0.05, 0.1) is 11.5 Å². The summed E-state index contributed by atoms with van der Waals surface area (Å²) in [5, 5.41) is 8.98. The molecule has 0 aliphatic carbocycles. The molecule has 0 fully saturated rings. The second-order valence-corrected chi connectivity index (χ2v) is 7.33. The van der Waals surface area contributed by atoms with Crippen molar-refractivity contribution in [2.45, 2.75) is 24.5 Å². The Kier molecular flexibility index (Phi) is 5.16. The lowest BCUT2D eigenvalue weighted by Gasteiger charge is -2.15. The summed E-state index contributed by atoms with van der Waals surface area (Å²) in [5.41, 5.74) is 1.56. The van der Waals surface area contributed by atoms with Crippen LogP contribution in [0.3, 0.4) is 0 Å². The Balaban J connectivity index is 2.17. The number of benzene rings is 2. The predicted molar refractivity (Wildman–Crippen MR) is 85.2 cm³/mol. The van der Waals surface area contributed by atoms with Crippen LogP contribution in [0.5, 0.6) is 0 Å². The van der Waals surface area contributed by atoms with E-state index in [4.69, 9.17) is 5.11 Å². The van der Waals surface area contributed by atoms with E-state index in [1.165, 1.54) is 12.1 Å². The monoisotopic (exact) mass is 369 g/mol. The lowest BCUT2D eigenvalue weighted by Crippen LogP contribution is -2.26. The highest BCUT2D eigenvalue weighted by atomic mass is 79.9. The first-order chi connectivity index (χ1) is 9.92. The van der Waals surface area contributed by atoms with E-state index in [2.05, 4.69) is 20.7 Å². The number of hydrogen-bond donors (Lipinski definition) is 2. The van der Waals surface area contributed by atoms with Crippen molar-refractivity contribution in [3.63, 3.8) is 0 Å². The Bertz CT molecular complexity index is 697. The van der Waals surface area contributed by atoms with Gasteiger partial charge in [-0.25, -0.2) is 13.1 Å². The Morgan fingerprint density at radius 2 is 1.67 bits per heavy atom. The molecule has 0 saturated heterocycles. The highest BCUT2D eigenvalue weighted by Gasteiger charge is 2.18. The summed E-state index contributed by atoms with van der Waals surface area (Å²) in [6.07, 6.45) is 0. The van der Waals surface area contributed by atoms with Crippen molar-refractivity contribution >= 4 is 26.0 Å². The zero-order valence-corrected chi connectivity index (χ0v) is 13.9. The molecule has 2 aromatic rings. The summed E-state index contributed by atoms with van der Waals surface area (Å²) < 4.78 is 28.2. The van der Waals surface area contributed by atoms with E-state index in [0.29, 0.717) is 5.56 Å². The molecule has 0 aliphatic heterocycles. The fraction of sp³-hybridized carbons (Fsp3) is 0.200. The first-order valence-corrected chi connectivity index (χ1v) is 8.67. The van der Waals surface area contributed by atoms with Crippen molar-refractivity contribution in [1.29, 1.82) is 0 Å². The Morgan fingerprint density at radius 1 is 1.10 bits per heavy atom. The summed E-state index contributed by atoms with van der Waals surface area (Å²) in [5.74, 6) is 0. The van der Waals surface area contributed by atoms with Gasteiger partial charge in [0.15, 0.2) is 0 Å². The minimum atomic E-state index is -3.59. The van der Waals surface area contributed by atoms with Gasteiger partial charge < -0.3 is 5.11 Å². The van der Waals surface area contributed by atoms with Gasteiger partial charge in [0, 0.05) is 10.5 Å². The standard InChI is InChI=1S/C15H16BrNO3S/c1-11(13-4-6-14(16)7-5-13)17-21(19,20)15-8-2-12(10-18)3-9-15/h2-9,11,17-18H,10H2,1H3. The summed E-state index contributed by atoms with van der Waals surface area (Å²) in [7, 11) is -3.59. The highest BCUT2D eigenvalue weighted by Crippen LogP contribution is 2.19. The van der Waals surface area contributed by atoms with Gasteiger partial charge in [0.1, 0.15) is 0 Å². The Hall–Kier alpha value is -1.21. The van der Waals surface area contributed by atoms with Crippen molar-refractivity contribution < 1.29 is 13.5 Å². The van der Waals surface area contributed by atoms with Gasteiger partial charge in [-0.05, 0) is 42.3 Å². The van der Waals surface area contributed by atoms with E-state index >= 15 is 0 Å². The number of halogens is 1. The maximum atomic E-state index is 12.3. The molecule has 0 spiro atoms. The van der Waals surface area contributed by atoms with Crippen LogP contribution in [-0.4, -0.2) is 13.5 Å². The number of sulfonamides is 1. The lowest BCUT2D eigenvalue weighted by molar-refractivity contribution is 0.282. The van der Waals surface area contributed by atoms with E-state index in [1.54, 1.807) is 19.1 Å². The molecule has 2 rings (SSSR count). The molecule has 1 unspecified atom stereocenters. The van der Waals surface area contributed by atoms with Crippen molar-refractivity contribution in [2.75, 3.05) is 0 Å². The number of hydrogen-bond acceptors (Lipinski definition) is 3. The third-order valence-electron chi connectivity index (χ3n) is 3.12. The number of aliphatic hydroxyl groups excluding tert-OH is 1. The third-order valence-corrected chi connectivity index (χ3v) is 5.20. The normalized spacial score (nSPS) is 13.1. The largest absolute Gasteiger partial charge is 0.392 e. The van der Waals surface area contributed by atoms with Gasteiger partial charge in [0.25, 0.3) is 0 Å². The van der Waals surface area contributed by atoms with Crippen LogP contribution in [0.1, 0.15) is 24.1 Å². The molecule has 0 radical (unpaired) electrons. The summed E-state index contributed by atoms with van der Waals surface area (Å²) in [6.45, 7) is 1.69. The summed E-state index contributed by atoms with van der Waals surface area (Å²) >= 11 is 3.35. The van der Waals surface area contributed by atoms with Crippen molar-refractivity contribution in [1.82, 2.24) is 4.72 Å². The fourth-order valence-corrected chi connectivity index (χ4v) is 3.39. The van der Waals surface area contributed by atoms with E-state index in [1.807, 2.05) is 24.3 Å². The van der Waals surface area contributed by atoms with E-state index in [9.17, 15) is 8.42 Å². The minimum Gasteiger partial charge on any atom is -0.392 e.